The van der Waals surface area contributed by atoms with Crippen molar-refractivity contribution in [2.24, 2.45) is 17.2 Å². The molecule has 0 spiro atoms. The van der Waals surface area contributed by atoms with Gasteiger partial charge in [0.1, 0.15) is 18.1 Å². The molecule has 5 rings (SSSR count). The predicted octanol–water partition coefficient (Wildman–Crippen LogP) is 1.10. The fourth-order valence-electron chi connectivity index (χ4n) is 4.14. The third-order valence-electron chi connectivity index (χ3n) is 6.40. The molecule has 1 aliphatic rings. The minimum Gasteiger partial charge on any atom is -0.480 e. The van der Waals surface area contributed by atoms with E-state index < -0.39 is 36.0 Å². The van der Waals surface area contributed by atoms with Gasteiger partial charge in [-0.25, -0.2) is 0 Å². The van der Waals surface area contributed by atoms with Crippen LogP contribution in [0.25, 0.3) is 21.8 Å². The van der Waals surface area contributed by atoms with E-state index in [1.54, 1.807) is 0 Å². The van der Waals surface area contributed by atoms with Crippen LogP contribution in [0.5, 0.6) is 0 Å². The highest BCUT2D eigenvalue weighted by atomic mass is 16.4. The molecule has 3 heterocycles. The molecule has 2 aromatic carbocycles. The van der Waals surface area contributed by atoms with Crippen molar-refractivity contribution in [3.8, 4) is 0 Å². The minimum absolute atomic E-state index is 0.269. The molecule has 43 heavy (non-hydrogen) atoms. The van der Waals surface area contributed by atoms with Crippen LogP contribution < -0.4 is 22.5 Å². The molecule has 0 radical (unpaired) electrons. The number of carboxylic acids is 4. The zero-order chi connectivity index (χ0) is 31.9. The number of para-hydroxylation sites is 2. The van der Waals surface area contributed by atoms with Crippen molar-refractivity contribution < 1.29 is 39.6 Å². The normalized spacial score (nSPS) is 15.1. The molecule has 0 amide bonds. The lowest BCUT2D eigenvalue weighted by Gasteiger charge is -2.04. The van der Waals surface area contributed by atoms with E-state index in [4.69, 9.17) is 31.9 Å². The average Bonchev–Trinajstić information content (AvgIpc) is 3.75. The van der Waals surface area contributed by atoms with Gasteiger partial charge in [-0.2, -0.15) is 0 Å². The number of carbonyl (C=O) groups is 4. The number of rotatable bonds is 8. The van der Waals surface area contributed by atoms with Gasteiger partial charge in [0.2, 0.25) is 0 Å². The molecule has 14 heteroatoms. The molecule has 2 aromatic heterocycles. The van der Waals surface area contributed by atoms with E-state index in [0.717, 1.165) is 52.3 Å². The van der Waals surface area contributed by atoms with E-state index in [0.29, 0.717) is 12.8 Å². The fourth-order valence-corrected chi connectivity index (χ4v) is 4.14. The van der Waals surface area contributed by atoms with Gasteiger partial charge < -0.3 is 52.9 Å². The van der Waals surface area contributed by atoms with Crippen molar-refractivity contribution >= 4 is 45.7 Å². The molecule has 1 saturated heterocycles. The standard InChI is InChI=1S/2C11H12N2O2.C5H9NO2.C2H5NO2/c2*12-9(11(14)15)5-7-6-13-10-4-2-1-3-8(7)10;7-5(8)4-2-1-3-6-4;3-1-2(4)5/h2*1-4,6,9,13H,5,12H2,(H,14,15);4,6H,1-3H2,(H,7,8);1,3H2,(H,4,5)/t2*9-;4-;/m000./s1. The molecule has 4 aromatic rings. The van der Waals surface area contributed by atoms with Crippen LogP contribution in [0.4, 0.5) is 0 Å². The van der Waals surface area contributed by atoms with Crippen LogP contribution in [-0.2, 0) is 32.0 Å². The molecule has 0 unspecified atom stereocenters. The fraction of sp³-hybridized carbons (Fsp3) is 0.310. The second-order valence-corrected chi connectivity index (χ2v) is 9.60. The number of aromatic amines is 2. The molecule has 0 saturated carbocycles. The number of benzene rings is 2. The van der Waals surface area contributed by atoms with E-state index >= 15 is 0 Å². The molecule has 14 nitrogen and oxygen atoms in total. The number of hydrogen-bond donors (Lipinski definition) is 10. The van der Waals surface area contributed by atoms with Crippen molar-refractivity contribution in [2.45, 2.75) is 43.8 Å². The molecule has 1 fully saturated rings. The summed E-state index contributed by atoms with van der Waals surface area (Å²) in [6.45, 7) is 0.580. The second kappa shape index (κ2) is 17.3. The van der Waals surface area contributed by atoms with Crippen LogP contribution in [0, 0.1) is 0 Å². The van der Waals surface area contributed by atoms with Crippen LogP contribution in [0.3, 0.4) is 0 Å². The topological polar surface area (TPSA) is 271 Å². The molecule has 1 aliphatic heterocycles. The Balaban J connectivity index is 0.000000217. The molecule has 232 valence electrons. The third kappa shape index (κ3) is 11.2. The quantitative estimate of drug-likeness (QED) is 0.137. The Morgan fingerprint density at radius 1 is 0.767 bits per heavy atom. The highest BCUT2D eigenvalue weighted by Gasteiger charge is 2.20. The number of nitrogens with two attached hydrogens (primary N) is 3. The number of hydrogen-bond acceptors (Lipinski definition) is 8. The van der Waals surface area contributed by atoms with E-state index in [2.05, 4.69) is 21.0 Å². The van der Waals surface area contributed by atoms with Gasteiger partial charge >= 0.3 is 23.9 Å². The van der Waals surface area contributed by atoms with Crippen molar-refractivity contribution in [1.29, 1.82) is 0 Å². The van der Waals surface area contributed by atoms with E-state index in [1.165, 1.54) is 0 Å². The molecular formula is C29H38N6O8. The van der Waals surface area contributed by atoms with Crippen LogP contribution in [-0.4, -0.2) is 85.5 Å². The van der Waals surface area contributed by atoms with Crippen LogP contribution in [0.15, 0.2) is 60.9 Å². The molecule has 0 aliphatic carbocycles. The summed E-state index contributed by atoms with van der Waals surface area (Å²) in [4.78, 5) is 46.8. The highest BCUT2D eigenvalue weighted by molar-refractivity contribution is 5.85. The first-order valence-corrected chi connectivity index (χ1v) is 13.4. The summed E-state index contributed by atoms with van der Waals surface area (Å²) in [5.41, 5.74) is 19.4. The summed E-state index contributed by atoms with van der Waals surface area (Å²) < 4.78 is 0. The zero-order valence-electron chi connectivity index (χ0n) is 23.4. The van der Waals surface area contributed by atoms with E-state index in [9.17, 15) is 19.2 Å². The average molecular weight is 599 g/mol. The van der Waals surface area contributed by atoms with Crippen molar-refractivity contribution in [2.75, 3.05) is 13.1 Å². The van der Waals surface area contributed by atoms with Gasteiger partial charge in [0, 0.05) is 47.0 Å². The van der Waals surface area contributed by atoms with Crippen molar-refractivity contribution in [1.82, 2.24) is 15.3 Å². The molecule has 3 atom stereocenters. The lowest BCUT2D eigenvalue weighted by atomic mass is 10.1. The first-order chi connectivity index (χ1) is 20.4. The van der Waals surface area contributed by atoms with Crippen LogP contribution in [0.1, 0.15) is 24.0 Å². The number of aliphatic carboxylic acids is 4. The van der Waals surface area contributed by atoms with Crippen molar-refractivity contribution in [3.63, 3.8) is 0 Å². The van der Waals surface area contributed by atoms with Gasteiger partial charge in [0.25, 0.3) is 0 Å². The van der Waals surface area contributed by atoms with Gasteiger partial charge in [0.05, 0.1) is 6.54 Å². The summed E-state index contributed by atoms with van der Waals surface area (Å²) >= 11 is 0. The predicted molar refractivity (Wildman–Crippen MR) is 161 cm³/mol. The van der Waals surface area contributed by atoms with E-state index in [-0.39, 0.29) is 12.6 Å². The summed E-state index contributed by atoms with van der Waals surface area (Å²) in [5.74, 6) is -3.63. The summed E-state index contributed by atoms with van der Waals surface area (Å²) in [7, 11) is 0. The molecule has 13 N–H and O–H groups in total. The third-order valence-corrected chi connectivity index (χ3v) is 6.40. The summed E-state index contributed by atoms with van der Waals surface area (Å²) in [6.07, 6.45) is 6.10. The maximum absolute atomic E-state index is 10.6. The van der Waals surface area contributed by atoms with Crippen molar-refractivity contribution in [3.05, 3.63) is 72.1 Å². The first-order valence-electron chi connectivity index (χ1n) is 13.4. The Morgan fingerprint density at radius 2 is 1.19 bits per heavy atom. The molecule has 0 bridgehead atoms. The Hall–Kier alpha value is -4.76. The number of carboxylic acid groups (broad SMARTS) is 4. The van der Waals surface area contributed by atoms with Crippen LogP contribution in [0.2, 0.25) is 0 Å². The first kappa shape index (κ1) is 34.4. The highest BCUT2D eigenvalue weighted by Crippen LogP contribution is 2.19. The number of fused-ring (bicyclic) bond motifs is 2. The summed E-state index contributed by atoms with van der Waals surface area (Å²) in [5, 5.41) is 38.3. The SMILES string of the molecule is NCC(=O)O.N[C@@H](Cc1c[nH]c2ccccc12)C(=O)O.N[C@@H](Cc1c[nH]c2ccccc12)C(=O)O.O=C(O)[C@@H]1CCCN1. The molecular weight excluding hydrogens is 560 g/mol. The van der Waals surface area contributed by atoms with Crippen LogP contribution >= 0.6 is 0 Å². The van der Waals surface area contributed by atoms with Gasteiger partial charge in [-0.3, -0.25) is 19.2 Å². The van der Waals surface area contributed by atoms with E-state index in [1.807, 2.05) is 60.9 Å². The van der Waals surface area contributed by atoms with Gasteiger partial charge in [-0.15, -0.1) is 0 Å². The number of aromatic nitrogens is 2. The lowest BCUT2D eigenvalue weighted by Crippen LogP contribution is -2.32. The Bertz CT molecular complexity index is 1400. The maximum atomic E-state index is 10.6. The minimum atomic E-state index is -0.972. The summed E-state index contributed by atoms with van der Waals surface area (Å²) in [6, 6.07) is 13.6. The monoisotopic (exact) mass is 598 g/mol. The maximum Gasteiger partial charge on any atom is 0.320 e. The number of nitrogens with one attached hydrogen (secondary N) is 3. The van der Waals surface area contributed by atoms with Gasteiger partial charge in [0.15, 0.2) is 0 Å². The number of H-pyrrole nitrogens is 2. The Labute approximate surface area is 246 Å². The second-order valence-electron chi connectivity index (χ2n) is 9.60. The zero-order valence-corrected chi connectivity index (χ0v) is 23.4. The van der Waals surface area contributed by atoms with Gasteiger partial charge in [-0.1, -0.05) is 36.4 Å². The Morgan fingerprint density at radius 3 is 1.49 bits per heavy atom. The lowest BCUT2D eigenvalue weighted by molar-refractivity contribution is -0.139. The smallest absolute Gasteiger partial charge is 0.320 e. The Kier molecular flexibility index (Phi) is 13.8. The largest absolute Gasteiger partial charge is 0.480 e. The van der Waals surface area contributed by atoms with Gasteiger partial charge in [-0.05, 0) is 42.6 Å².